The maximum Gasteiger partial charge on any atom is 0.227 e. The molecular formula is C12H22N2O. The van der Waals surface area contributed by atoms with Crippen LogP contribution in [0.4, 0.5) is 0 Å². The summed E-state index contributed by atoms with van der Waals surface area (Å²) in [6.07, 6.45) is 5.89. The quantitative estimate of drug-likeness (QED) is 0.709. The van der Waals surface area contributed by atoms with Gasteiger partial charge in [0.25, 0.3) is 0 Å². The Morgan fingerprint density at radius 2 is 2.13 bits per heavy atom. The van der Waals surface area contributed by atoms with E-state index in [9.17, 15) is 4.79 Å². The predicted octanol–water partition coefficient (Wildman–Crippen LogP) is 1.39. The third-order valence-electron chi connectivity index (χ3n) is 3.73. The number of hydrogen-bond acceptors (Lipinski definition) is 2. The molecule has 2 heterocycles. The monoisotopic (exact) mass is 210 g/mol. The predicted molar refractivity (Wildman–Crippen MR) is 60.6 cm³/mol. The van der Waals surface area contributed by atoms with Crippen molar-refractivity contribution < 1.29 is 4.79 Å². The Kier molecular flexibility index (Phi) is 3.62. The smallest absolute Gasteiger partial charge is 0.227 e. The summed E-state index contributed by atoms with van der Waals surface area (Å²) in [6.45, 7) is 5.14. The van der Waals surface area contributed by atoms with Crippen molar-refractivity contribution >= 4 is 5.91 Å². The second-order valence-electron chi connectivity index (χ2n) is 4.92. The van der Waals surface area contributed by atoms with E-state index in [2.05, 4.69) is 17.1 Å². The van der Waals surface area contributed by atoms with Gasteiger partial charge in [0.05, 0.1) is 5.92 Å². The molecule has 0 bridgehead atoms. The summed E-state index contributed by atoms with van der Waals surface area (Å²) in [4.78, 5) is 14.4. The van der Waals surface area contributed by atoms with Crippen LogP contribution in [0.15, 0.2) is 0 Å². The van der Waals surface area contributed by atoms with Crippen molar-refractivity contribution in [3.05, 3.63) is 0 Å². The first-order chi connectivity index (χ1) is 7.29. The highest BCUT2D eigenvalue weighted by Gasteiger charge is 2.29. The van der Waals surface area contributed by atoms with E-state index in [1.165, 1.54) is 19.3 Å². The molecule has 0 radical (unpaired) electrons. The molecule has 0 aromatic carbocycles. The molecule has 86 valence electrons. The normalized spacial score (nSPS) is 32.7. The molecular weight excluding hydrogens is 188 g/mol. The largest absolute Gasteiger partial charge is 0.340 e. The molecule has 2 rings (SSSR count). The van der Waals surface area contributed by atoms with Crippen LogP contribution in [0.1, 0.15) is 39.0 Å². The summed E-state index contributed by atoms with van der Waals surface area (Å²) in [6, 6.07) is 0.466. The van der Waals surface area contributed by atoms with E-state index >= 15 is 0 Å². The summed E-state index contributed by atoms with van der Waals surface area (Å²) in [5, 5.41) is 3.32. The minimum atomic E-state index is 0.249. The van der Waals surface area contributed by atoms with Gasteiger partial charge in [-0.3, -0.25) is 4.79 Å². The number of nitrogens with one attached hydrogen (secondary N) is 1. The van der Waals surface area contributed by atoms with Crippen LogP contribution in [0.2, 0.25) is 0 Å². The van der Waals surface area contributed by atoms with Crippen LogP contribution in [0.5, 0.6) is 0 Å². The fourth-order valence-electron chi connectivity index (χ4n) is 2.72. The van der Waals surface area contributed by atoms with Crippen molar-refractivity contribution in [2.45, 2.75) is 45.1 Å². The fourth-order valence-corrected chi connectivity index (χ4v) is 2.72. The number of amides is 1. The van der Waals surface area contributed by atoms with Gasteiger partial charge in [0.2, 0.25) is 5.91 Å². The Hall–Kier alpha value is -0.570. The second-order valence-corrected chi connectivity index (χ2v) is 4.92. The number of hydrogen-bond donors (Lipinski definition) is 1. The van der Waals surface area contributed by atoms with Gasteiger partial charge in [-0.25, -0.2) is 0 Å². The lowest BCUT2D eigenvalue weighted by atomic mass is 9.95. The average Bonchev–Trinajstić information content (AvgIpc) is 2.30. The Morgan fingerprint density at radius 1 is 1.27 bits per heavy atom. The topological polar surface area (TPSA) is 32.3 Å². The summed E-state index contributed by atoms with van der Waals surface area (Å²) in [5.74, 6) is 0.647. The molecule has 1 N–H and O–H groups in total. The molecule has 3 heteroatoms. The van der Waals surface area contributed by atoms with Crippen molar-refractivity contribution in [3.8, 4) is 0 Å². The molecule has 2 aliphatic rings. The lowest BCUT2D eigenvalue weighted by molar-refractivity contribution is -0.139. The standard InChI is InChI=1S/C12H22N2O/c1-10-5-2-3-8-14(10)12(15)11-6-4-7-13-9-11/h10-11,13H,2-9H2,1H3/t10?,11-/m1/s1. The zero-order valence-electron chi connectivity index (χ0n) is 9.67. The molecule has 1 amide bonds. The molecule has 1 unspecified atom stereocenters. The Labute approximate surface area is 92.2 Å². The zero-order valence-corrected chi connectivity index (χ0v) is 9.67. The minimum Gasteiger partial charge on any atom is -0.340 e. The SMILES string of the molecule is CC1CCCCN1C(=O)[C@@H]1CCCNC1. The molecule has 2 aliphatic heterocycles. The van der Waals surface area contributed by atoms with Gasteiger partial charge in [-0.15, -0.1) is 0 Å². The second kappa shape index (κ2) is 4.97. The van der Waals surface area contributed by atoms with E-state index in [4.69, 9.17) is 0 Å². The first kappa shape index (κ1) is 10.9. The van der Waals surface area contributed by atoms with E-state index in [-0.39, 0.29) is 5.92 Å². The van der Waals surface area contributed by atoms with Crippen LogP contribution in [0, 0.1) is 5.92 Å². The Balaban J connectivity index is 1.92. The highest BCUT2D eigenvalue weighted by Crippen LogP contribution is 2.21. The van der Waals surface area contributed by atoms with Gasteiger partial charge in [-0.2, -0.15) is 0 Å². The maximum absolute atomic E-state index is 12.2. The lowest BCUT2D eigenvalue weighted by Gasteiger charge is -2.37. The van der Waals surface area contributed by atoms with Gasteiger partial charge in [0, 0.05) is 19.1 Å². The van der Waals surface area contributed by atoms with Crippen molar-refractivity contribution in [3.63, 3.8) is 0 Å². The summed E-state index contributed by atoms with van der Waals surface area (Å²) in [7, 11) is 0. The Bertz CT molecular complexity index is 224. The highest BCUT2D eigenvalue weighted by atomic mass is 16.2. The van der Waals surface area contributed by atoms with E-state index in [1.807, 2.05) is 0 Å². The number of likely N-dealkylation sites (tertiary alicyclic amines) is 1. The van der Waals surface area contributed by atoms with Gasteiger partial charge in [0.15, 0.2) is 0 Å². The average molecular weight is 210 g/mol. The number of nitrogens with zero attached hydrogens (tertiary/aromatic N) is 1. The van der Waals surface area contributed by atoms with E-state index in [1.54, 1.807) is 0 Å². The maximum atomic E-state index is 12.2. The fraction of sp³-hybridized carbons (Fsp3) is 0.917. The molecule has 0 aliphatic carbocycles. The van der Waals surface area contributed by atoms with Gasteiger partial charge < -0.3 is 10.2 Å². The summed E-state index contributed by atoms with van der Waals surface area (Å²) < 4.78 is 0. The first-order valence-electron chi connectivity index (χ1n) is 6.30. The van der Waals surface area contributed by atoms with Crippen LogP contribution < -0.4 is 5.32 Å². The number of rotatable bonds is 1. The first-order valence-corrected chi connectivity index (χ1v) is 6.30. The molecule has 0 saturated carbocycles. The van der Waals surface area contributed by atoms with Gasteiger partial charge in [0.1, 0.15) is 0 Å². The number of piperidine rings is 2. The zero-order chi connectivity index (χ0) is 10.7. The molecule has 2 fully saturated rings. The van der Waals surface area contributed by atoms with Gasteiger partial charge in [-0.1, -0.05) is 0 Å². The van der Waals surface area contributed by atoms with Gasteiger partial charge in [-0.05, 0) is 45.6 Å². The molecule has 2 saturated heterocycles. The molecule has 2 atom stereocenters. The third-order valence-corrected chi connectivity index (χ3v) is 3.73. The lowest BCUT2D eigenvalue weighted by Crippen LogP contribution is -2.48. The van der Waals surface area contributed by atoms with E-state index in [0.717, 1.165) is 32.5 Å². The van der Waals surface area contributed by atoms with Crippen molar-refractivity contribution in [2.24, 2.45) is 5.92 Å². The number of carbonyl (C=O) groups excluding carboxylic acids is 1. The third kappa shape index (κ3) is 2.51. The van der Waals surface area contributed by atoms with Crippen LogP contribution in [0.3, 0.4) is 0 Å². The molecule has 3 nitrogen and oxygen atoms in total. The van der Waals surface area contributed by atoms with Crippen molar-refractivity contribution in [1.82, 2.24) is 10.2 Å². The minimum absolute atomic E-state index is 0.249. The molecule has 0 spiro atoms. The van der Waals surface area contributed by atoms with Crippen LogP contribution >= 0.6 is 0 Å². The molecule has 0 aromatic rings. The Morgan fingerprint density at radius 3 is 2.80 bits per heavy atom. The van der Waals surface area contributed by atoms with Crippen LogP contribution in [-0.2, 0) is 4.79 Å². The van der Waals surface area contributed by atoms with Crippen molar-refractivity contribution in [1.29, 1.82) is 0 Å². The van der Waals surface area contributed by atoms with Crippen LogP contribution in [0.25, 0.3) is 0 Å². The number of carbonyl (C=O) groups is 1. The van der Waals surface area contributed by atoms with E-state index < -0.39 is 0 Å². The van der Waals surface area contributed by atoms with Gasteiger partial charge >= 0.3 is 0 Å². The van der Waals surface area contributed by atoms with Crippen LogP contribution in [-0.4, -0.2) is 36.5 Å². The molecule has 15 heavy (non-hydrogen) atoms. The van der Waals surface area contributed by atoms with Crippen molar-refractivity contribution in [2.75, 3.05) is 19.6 Å². The highest BCUT2D eigenvalue weighted by molar-refractivity contribution is 5.79. The molecule has 0 aromatic heterocycles. The summed E-state index contributed by atoms with van der Waals surface area (Å²) in [5.41, 5.74) is 0. The van der Waals surface area contributed by atoms with E-state index in [0.29, 0.717) is 11.9 Å². The summed E-state index contributed by atoms with van der Waals surface area (Å²) >= 11 is 0.